The van der Waals surface area contributed by atoms with Crippen LogP contribution in [0.25, 0.3) is 0 Å². The van der Waals surface area contributed by atoms with Crippen molar-refractivity contribution in [2.75, 3.05) is 0 Å². The molecular weight excluding hydrogens is 533 g/mol. The molecule has 252 valence electrons. The van der Waals surface area contributed by atoms with Crippen molar-refractivity contribution < 1.29 is 0 Å². The summed E-state index contributed by atoms with van der Waals surface area (Å²) in [7, 11) is -1.44. The van der Waals surface area contributed by atoms with E-state index in [9.17, 15) is 0 Å². The minimum atomic E-state index is -1.44. The number of hydrogen-bond donors (Lipinski definition) is 0. The first-order chi connectivity index (χ1) is 21.3. The zero-order valence-corrected chi connectivity index (χ0v) is 31.2. The van der Waals surface area contributed by atoms with E-state index in [-0.39, 0.29) is 0 Å². The zero-order valence-electron chi connectivity index (χ0n) is 30.2. The van der Waals surface area contributed by atoms with E-state index >= 15 is 0 Å². The molecule has 0 bridgehead atoms. The van der Waals surface area contributed by atoms with E-state index in [1.54, 1.807) is 23.3 Å². The summed E-state index contributed by atoms with van der Waals surface area (Å²) in [6, 6.07) is 16.7. The van der Waals surface area contributed by atoms with Gasteiger partial charge in [0.05, 0.1) is 8.07 Å². The Labute approximate surface area is 274 Å². The van der Waals surface area contributed by atoms with E-state index in [0.717, 1.165) is 0 Å². The van der Waals surface area contributed by atoms with Crippen LogP contribution in [0, 0.1) is 0 Å². The maximum Gasteiger partial charge on any atom is 0.0867 e. The molecule has 1 aromatic rings. The molecule has 0 atom stereocenters. The van der Waals surface area contributed by atoms with Crippen LogP contribution in [-0.4, -0.2) is 8.07 Å². The van der Waals surface area contributed by atoms with Crippen LogP contribution >= 0.6 is 0 Å². The normalized spacial score (nSPS) is 11.9. The van der Waals surface area contributed by atoms with Gasteiger partial charge in [0.25, 0.3) is 0 Å². The largest absolute Gasteiger partial charge is 0.0867 e. The van der Waals surface area contributed by atoms with Gasteiger partial charge in [-0.1, -0.05) is 267 Å². The lowest BCUT2D eigenvalue weighted by Crippen LogP contribution is -2.47. The predicted octanol–water partition coefficient (Wildman–Crippen LogP) is 15.1. The average molecular weight is 613 g/mol. The fraction of sp³-hybridized carbons (Fsp3) is 0.857. The van der Waals surface area contributed by atoms with Crippen molar-refractivity contribution in [2.24, 2.45) is 0 Å². The molecule has 1 aromatic carbocycles. The van der Waals surface area contributed by atoms with Crippen LogP contribution in [0.4, 0.5) is 0 Å². The minimum Gasteiger partial charge on any atom is -0.0654 e. The highest BCUT2D eigenvalue weighted by molar-refractivity contribution is 6.91. The molecule has 43 heavy (non-hydrogen) atoms. The number of rotatable bonds is 34. The third-order valence-corrected chi connectivity index (χ3v) is 15.9. The molecule has 0 radical (unpaired) electrons. The summed E-state index contributed by atoms with van der Waals surface area (Å²) in [4.78, 5) is 0. The molecule has 0 fully saturated rings. The Morgan fingerprint density at radius 3 is 0.791 bits per heavy atom. The van der Waals surface area contributed by atoms with Crippen LogP contribution in [0.1, 0.15) is 213 Å². The Balaban J connectivity index is 2.56. The Morgan fingerprint density at radius 2 is 0.535 bits per heavy atom. The topological polar surface area (TPSA) is 0 Å². The van der Waals surface area contributed by atoms with E-state index < -0.39 is 8.07 Å². The van der Waals surface area contributed by atoms with Crippen molar-refractivity contribution in [3.8, 4) is 0 Å². The van der Waals surface area contributed by atoms with E-state index in [2.05, 4.69) is 51.1 Å². The maximum atomic E-state index is 2.55. The lowest BCUT2D eigenvalue weighted by Gasteiger charge is -2.33. The number of unbranched alkanes of at least 4 members (excludes halogenated alkanes) is 27. The number of hydrogen-bond acceptors (Lipinski definition) is 0. The lowest BCUT2D eigenvalue weighted by atomic mass is 10.1. The summed E-state index contributed by atoms with van der Waals surface area (Å²) >= 11 is 0. The Kier molecular flexibility index (Phi) is 29.6. The van der Waals surface area contributed by atoms with Gasteiger partial charge in [-0.05, 0) is 0 Å². The van der Waals surface area contributed by atoms with E-state index in [1.165, 1.54) is 193 Å². The molecule has 1 rings (SSSR count). The molecule has 0 aliphatic rings. The molecule has 0 nitrogen and oxygen atoms in total. The van der Waals surface area contributed by atoms with E-state index in [0.29, 0.717) is 0 Å². The zero-order chi connectivity index (χ0) is 30.9. The minimum absolute atomic E-state index is 1.37. The molecule has 0 unspecified atom stereocenters. The fourth-order valence-electron chi connectivity index (χ4n) is 7.45. The van der Waals surface area contributed by atoms with Crippen molar-refractivity contribution in [3.05, 3.63) is 30.3 Å². The second-order valence-corrected chi connectivity index (χ2v) is 19.1. The van der Waals surface area contributed by atoms with Gasteiger partial charge >= 0.3 is 0 Å². The molecule has 0 saturated heterocycles. The summed E-state index contributed by atoms with van der Waals surface area (Å²) in [6.07, 6.45) is 43.8. The molecule has 0 aliphatic carbocycles. The Morgan fingerprint density at radius 1 is 0.302 bits per heavy atom. The van der Waals surface area contributed by atoms with Gasteiger partial charge < -0.3 is 0 Å². The standard InChI is InChI=1S/C42H80Si/c1-4-7-10-13-16-19-22-25-28-34-39-43(42-37-32-31-33-38-42,40-35-29-26-23-20-17-14-11-8-5-2)41-36-30-27-24-21-18-15-12-9-6-3/h31-33,37-38H,4-30,34-36,39-41H2,1-3H3. The van der Waals surface area contributed by atoms with Crippen LogP contribution in [-0.2, 0) is 0 Å². The third-order valence-electron chi connectivity index (χ3n) is 10.4. The average Bonchev–Trinajstić information content (AvgIpc) is 3.03. The molecule has 0 spiro atoms. The summed E-state index contributed by atoms with van der Waals surface area (Å²) in [6.45, 7) is 6.98. The van der Waals surface area contributed by atoms with Gasteiger partial charge in [0.2, 0.25) is 0 Å². The first kappa shape index (κ1) is 40.5. The van der Waals surface area contributed by atoms with Gasteiger partial charge in [-0.15, -0.1) is 0 Å². The smallest absolute Gasteiger partial charge is 0.0654 e. The monoisotopic (exact) mass is 613 g/mol. The molecule has 0 N–H and O–H groups in total. The van der Waals surface area contributed by atoms with E-state index in [4.69, 9.17) is 0 Å². The molecular formula is C42H80Si. The summed E-state index contributed by atoms with van der Waals surface area (Å²) in [5, 5.41) is 1.80. The fourth-order valence-corrected chi connectivity index (χ4v) is 12.7. The highest BCUT2D eigenvalue weighted by Gasteiger charge is 2.33. The van der Waals surface area contributed by atoms with Gasteiger partial charge in [0, 0.05) is 0 Å². The molecule has 0 aliphatic heterocycles. The Hall–Kier alpha value is -0.563. The van der Waals surface area contributed by atoms with Crippen LogP contribution in [0.15, 0.2) is 30.3 Å². The summed E-state index contributed by atoms with van der Waals surface area (Å²) < 4.78 is 0. The number of benzene rings is 1. The molecule has 1 heteroatoms. The second kappa shape index (κ2) is 31.4. The van der Waals surface area contributed by atoms with Crippen molar-refractivity contribution in [1.29, 1.82) is 0 Å². The lowest BCUT2D eigenvalue weighted by molar-refractivity contribution is 0.556. The first-order valence-corrected chi connectivity index (χ1v) is 23.0. The Bertz CT molecular complexity index is 592. The van der Waals surface area contributed by atoms with E-state index in [1.807, 2.05) is 0 Å². The molecule has 0 saturated carbocycles. The molecule has 0 amide bonds. The van der Waals surface area contributed by atoms with Crippen LogP contribution < -0.4 is 5.19 Å². The van der Waals surface area contributed by atoms with Gasteiger partial charge in [-0.25, -0.2) is 0 Å². The van der Waals surface area contributed by atoms with Crippen LogP contribution in [0.3, 0.4) is 0 Å². The van der Waals surface area contributed by atoms with Crippen molar-refractivity contribution in [3.63, 3.8) is 0 Å². The van der Waals surface area contributed by atoms with Gasteiger partial charge in [0.1, 0.15) is 0 Å². The van der Waals surface area contributed by atoms with Crippen molar-refractivity contribution in [1.82, 2.24) is 0 Å². The quantitative estimate of drug-likeness (QED) is 0.0536. The molecule has 0 heterocycles. The predicted molar refractivity (Wildman–Crippen MR) is 202 cm³/mol. The summed E-state index contributed by atoms with van der Waals surface area (Å²) in [5.41, 5.74) is 0. The SMILES string of the molecule is CCCCCCCCCCCC[Si](CCCCCCCCCCCC)(CCCCCCCCCCCC)c1ccccc1. The highest BCUT2D eigenvalue weighted by atomic mass is 28.3. The van der Waals surface area contributed by atoms with Crippen molar-refractivity contribution in [2.45, 2.75) is 232 Å². The summed E-state index contributed by atoms with van der Waals surface area (Å²) in [5.74, 6) is 0. The van der Waals surface area contributed by atoms with Gasteiger partial charge in [-0.2, -0.15) is 0 Å². The highest BCUT2D eigenvalue weighted by Crippen LogP contribution is 2.30. The maximum absolute atomic E-state index is 2.55. The van der Waals surface area contributed by atoms with Crippen LogP contribution in [0.2, 0.25) is 18.1 Å². The third kappa shape index (κ3) is 23.4. The molecule has 0 aromatic heterocycles. The van der Waals surface area contributed by atoms with Gasteiger partial charge in [0.15, 0.2) is 0 Å². The van der Waals surface area contributed by atoms with Gasteiger partial charge in [-0.3, -0.25) is 0 Å². The first-order valence-electron chi connectivity index (χ1n) is 20.3. The van der Waals surface area contributed by atoms with Crippen molar-refractivity contribution >= 4 is 13.3 Å². The van der Waals surface area contributed by atoms with Crippen LogP contribution in [0.5, 0.6) is 0 Å². The second-order valence-electron chi connectivity index (χ2n) is 14.4.